The monoisotopic (exact) mass is 276 g/mol. The third-order valence-corrected chi connectivity index (χ3v) is 2.21. The van der Waals surface area contributed by atoms with Gasteiger partial charge in [-0.1, -0.05) is 0 Å². The molecule has 0 bridgehead atoms. The minimum atomic E-state index is -4.38. The van der Waals surface area contributed by atoms with Gasteiger partial charge in [-0.25, -0.2) is 0 Å². The Labute approximate surface area is 104 Å². The Morgan fingerprint density at radius 3 is 2.71 bits per heavy atom. The Bertz CT molecular complexity index is 251. The maximum absolute atomic E-state index is 11.8. The smallest absolute Gasteiger partial charge is 0.362 e. The van der Waals surface area contributed by atoms with Gasteiger partial charge in [0, 0.05) is 25.7 Å². The summed E-state index contributed by atoms with van der Waals surface area (Å²) in [5.74, 6) is -0.391. The predicted octanol–water partition coefficient (Wildman–Crippen LogP) is 0.807. The summed E-state index contributed by atoms with van der Waals surface area (Å²) in [6, 6.07) is 0.167. The molecule has 1 aliphatic rings. The lowest BCUT2D eigenvalue weighted by Gasteiger charge is -2.31. The number of nitrogens with zero attached hydrogens (tertiary/aromatic N) is 1. The van der Waals surface area contributed by atoms with Gasteiger partial charge in [0.2, 0.25) is 5.91 Å². The molecule has 0 spiro atoms. The second kappa shape index (κ2) is 7.03. The van der Waals surface area contributed by atoms with E-state index >= 15 is 0 Å². The summed E-state index contributed by atoms with van der Waals surface area (Å²) >= 11 is 0. The van der Waals surface area contributed by atoms with Crippen LogP contribution in [0.2, 0.25) is 0 Å². The van der Waals surface area contributed by atoms with E-state index in [9.17, 15) is 18.0 Å². The Morgan fingerprint density at radius 1 is 1.53 bits per heavy atom. The average Bonchev–Trinajstić information content (AvgIpc) is 2.15. The maximum atomic E-state index is 11.8. The number of halogens is 4. The van der Waals surface area contributed by atoms with Crippen molar-refractivity contribution in [2.24, 2.45) is 0 Å². The van der Waals surface area contributed by atoms with Crippen LogP contribution in [0.25, 0.3) is 0 Å². The first-order valence-electron chi connectivity index (χ1n) is 5.04. The molecule has 1 aliphatic heterocycles. The normalized spacial score (nSPS) is 20.9. The molecule has 102 valence electrons. The van der Waals surface area contributed by atoms with Crippen molar-refractivity contribution in [3.8, 4) is 0 Å². The number of carbonyl (C=O) groups excluding carboxylic acids is 1. The molecule has 0 aliphatic carbocycles. The van der Waals surface area contributed by atoms with Gasteiger partial charge in [0.25, 0.3) is 0 Å². The number of rotatable bonds is 3. The second-order valence-corrected chi connectivity index (χ2v) is 3.80. The molecule has 1 heterocycles. The van der Waals surface area contributed by atoms with Gasteiger partial charge in [0.15, 0.2) is 0 Å². The molecule has 1 rings (SSSR count). The second-order valence-electron chi connectivity index (χ2n) is 3.80. The van der Waals surface area contributed by atoms with Crippen LogP contribution in [-0.2, 0) is 9.53 Å². The van der Waals surface area contributed by atoms with Gasteiger partial charge in [0.05, 0.1) is 0 Å². The zero-order valence-corrected chi connectivity index (χ0v) is 10.2. The molecule has 0 saturated carbocycles. The molecule has 0 aromatic heterocycles. The molecule has 1 atom stereocenters. The summed E-state index contributed by atoms with van der Waals surface area (Å²) < 4.78 is 39.6. The van der Waals surface area contributed by atoms with Gasteiger partial charge in [-0.3, -0.25) is 4.79 Å². The van der Waals surface area contributed by atoms with E-state index in [4.69, 9.17) is 0 Å². The van der Waals surface area contributed by atoms with Crippen molar-refractivity contribution in [1.82, 2.24) is 10.2 Å². The highest BCUT2D eigenvalue weighted by Crippen LogP contribution is 2.14. The van der Waals surface area contributed by atoms with Crippen LogP contribution in [0.15, 0.2) is 0 Å². The number of hydrogen-bond donors (Lipinski definition) is 1. The van der Waals surface area contributed by atoms with E-state index < -0.39 is 25.3 Å². The summed E-state index contributed by atoms with van der Waals surface area (Å²) in [6.45, 7) is 1.71. The molecular weight excluding hydrogens is 261 g/mol. The molecule has 1 N–H and O–H groups in total. The Hall–Kier alpha value is -0.530. The minimum Gasteiger partial charge on any atom is -0.362 e. The number of amides is 1. The topological polar surface area (TPSA) is 41.6 Å². The minimum absolute atomic E-state index is 0. The molecule has 1 fully saturated rings. The highest BCUT2D eigenvalue weighted by Gasteiger charge is 2.28. The van der Waals surface area contributed by atoms with E-state index in [2.05, 4.69) is 10.1 Å². The summed E-state index contributed by atoms with van der Waals surface area (Å²) in [5, 5.41) is 3.13. The van der Waals surface area contributed by atoms with Crippen molar-refractivity contribution in [2.75, 3.05) is 32.8 Å². The van der Waals surface area contributed by atoms with Crippen molar-refractivity contribution in [3.63, 3.8) is 0 Å². The van der Waals surface area contributed by atoms with E-state index in [1.165, 1.54) is 4.90 Å². The quantitative estimate of drug-likeness (QED) is 0.829. The van der Waals surface area contributed by atoms with Gasteiger partial charge in [-0.2, -0.15) is 13.2 Å². The van der Waals surface area contributed by atoms with Crippen molar-refractivity contribution in [1.29, 1.82) is 0 Å². The number of nitrogens with one attached hydrogen (secondary N) is 1. The summed E-state index contributed by atoms with van der Waals surface area (Å²) in [7, 11) is 0. The molecule has 8 heteroatoms. The molecule has 0 aromatic carbocycles. The number of carbonyl (C=O) groups is 1. The number of piperazine rings is 1. The molecule has 1 unspecified atom stereocenters. The SMILES string of the molecule is CC1CN(C(=O)COCC(F)(F)F)CCN1.Cl. The van der Waals surface area contributed by atoms with Gasteiger partial charge in [-0.05, 0) is 6.92 Å². The van der Waals surface area contributed by atoms with Crippen LogP contribution in [0, 0.1) is 0 Å². The predicted molar refractivity (Wildman–Crippen MR) is 58.2 cm³/mol. The van der Waals surface area contributed by atoms with Gasteiger partial charge < -0.3 is 15.0 Å². The first-order valence-corrected chi connectivity index (χ1v) is 5.04. The molecule has 17 heavy (non-hydrogen) atoms. The first-order chi connectivity index (χ1) is 7.38. The van der Waals surface area contributed by atoms with Crippen LogP contribution in [0.1, 0.15) is 6.92 Å². The molecule has 0 radical (unpaired) electrons. The van der Waals surface area contributed by atoms with E-state index in [1.54, 1.807) is 0 Å². The van der Waals surface area contributed by atoms with Crippen LogP contribution >= 0.6 is 12.4 Å². The van der Waals surface area contributed by atoms with Gasteiger partial charge in [0.1, 0.15) is 13.2 Å². The van der Waals surface area contributed by atoms with Crippen molar-refractivity contribution < 1.29 is 22.7 Å². The Kier molecular flexibility index (Phi) is 6.81. The fourth-order valence-electron chi connectivity index (χ4n) is 1.50. The number of ether oxygens (including phenoxy) is 1. The van der Waals surface area contributed by atoms with E-state index in [1.807, 2.05) is 6.92 Å². The highest BCUT2D eigenvalue weighted by atomic mass is 35.5. The summed E-state index contributed by atoms with van der Waals surface area (Å²) in [5.41, 5.74) is 0. The fourth-order valence-corrected chi connectivity index (χ4v) is 1.50. The number of alkyl halides is 3. The molecule has 4 nitrogen and oxygen atoms in total. The van der Waals surface area contributed by atoms with Crippen LogP contribution in [0.5, 0.6) is 0 Å². The zero-order chi connectivity index (χ0) is 12.2. The summed E-state index contributed by atoms with van der Waals surface area (Å²) in [4.78, 5) is 12.9. The average molecular weight is 277 g/mol. The lowest BCUT2D eigenvalue weighted by atomic mass is 10.2. The molecular formula is C9H16ClF3N2O2. The Balaban J connectivity index is 0.00000256. The van der Waals surface area contributed by atoms with Crippen molar-refractivity contribution in [2.45, 2.75) is 19.1 Å². The van der Waals surface area contributed by atoms with Gasteiger partial charge in [-0.15, -0.1) is 12.4 Å². The van der Waals surface area contributed by atoms with Gasteiger partial charge >= 0.3 is 6.18 Å². The van der Waals surface area contributed by atoms with Crippen LogP contribution in [-0.4, -0.2) is 55.9 Å². The van der Waals surface area contributed by atoms with Crippen molar-refractivity contribution >= 4 is 18.3 Å². The van der Waals surface area contributed by atoms with E-state index in [-0.39, 0.29) is 18.4 Å². The first kappa shape index (κ1) is 16.5. The van der Waals surface area contributed by atoms with E-state index in [0.29, 0.717) is 19.6 Å². The standard InChI is InChI=1S/C9H15F3N2O2.ClH/c1-7-4-14(3-2-13-7)8(15)5-16-6-9(10,11)12;/h7,13H,2-6H2,1H3;1H. The lowest BCUT2D eigenvalue weighted by Crippen LogP contribution is -2.52. The zero-order valence-electron chi connectivity index (χ0n) is 9.42. The molecule has 0 aromatic rings. The van der Waals surface area contributed by atoms with Crippen LogP contribution < -0.4 is 5.32 Å². The lowest BCUT2D eigenvalue weighted by molar-refractivity contribution is -0.178. The molecule has 1 saturated heterocycles. The fraction of sp³-hybridized carbons (Fsp3) is 0.889. The highest BCUT2D eigenvalue weighted by molar-refractivity contribution is 5.85. The van der Waals surface area contributed by atoms with Crippen molar-refractivity contribution in [3.05, 3.63) is 0 Å². The van der Waals surface area contributed by atoms with Crippen LogP contribution in [0.4, 0.5) is 13.2 Å². The number of hydrogen-bond acceptors (Lipinski definition) is 3. The summed E-state index contributed by atoms with van der Waals surface area (Å²) in [6.07, 6.45) is -4.38. The maximum Gasteiger partial charge on any atom is 0.411 e. The molecule has 1 amide bonds. The van der Waals surface area contributed by atoms with Crippen LogP contribution in [0.3, 0.4) is 0 Å². The third-order valence-electron chi connectivity index (χ3n) is 2.21. The Morgan fingerprint density at radius 2 is 2.18 bits per heavy atom. The third kappa shape index (κ3) is 6.70. The van der Waals surface area contributed by atoms with E-state index in [0.717, 1.165) is 0 Å². The largest absolute Gasteiger partial charge is 0.411 e.